The Hall–Kier alpha value is -2.14. The van der Waals surface area contributed by atoms with Crippen LogP contribution in [0.3, 0.4) is 0 Å². The molecule has 0 aliphatic carbocycles. The van der Waals surface area contributed by atoms with Gasteiger partial charge >= 0.3 is 5.97 Å². The summed E-state index contributed by atoms with van der Waals surface area (Å²) in [5, 5.41) is 12.9. The highest BCUT2D eigenvalue weighted by molar-refractivity contribution is 5.75. The zero-order valence-corrected chi connectivity index (χ0v) is 12.6. The summed E-state index contributed by atoms with van der Waals surface area (Å²) >= 11 is 0. The van der Waals surface area contributed by atoms with Crippen LogP contribution in [0.1, 0.15) is 31.3 Å². The smallest absolute Gasteiger partial charge is 0.311 e. The summed E-state index contributed by atoms with van der Waals surface area (Å²) in [5.74, 6) is 0.0424. The van der Waals surface area contributed by atoms with Crippen molar-refractivity contribution in [2.24, 2.45) is 12.5 Å². The molecular formula is C16H21N3O2. The molecule has 0 aliphatic rings. The van der Waals surface area contributed by atoms with Crippen LogP contribution in [0.2, 0.25) is 0 Å². The summed E-state index contributed by atoms with van der Waals surface area (Å²) in [6.07, 6.45) is 3.60. The topological polar surface area (TPSA) is 67.2 Å². The molecule has 0 bridgehead atoms. The van der Waals surface area contributed by atoms with Crippen LogP contribution in [-0.4, -0.2) is 20.6 Å². The van der Waals surface area contributed by atoms with Crippen molar-refractivity contribution >= 4 is 5.97 Å². The SMILES string of the molecule is Cn1ccnc1CNC(c1ccccc1)C(C)(C)C(=O)O. The number of imidazole rings is 1. The molecule has 2 N–H and O–H groups in total. The molecule has 1 atom stereocenters. The third kappa shape index (κ3) is 3.31. The van der Waals surface area contributed by atoms with Gasteiger partial charge in [0.25, 0.3) is 0 Å². The number of hydrogen-bond acceptors (Lipinski definition) is 3. The molecule has 5 heteroatoms. The zero-order chi connectivity index (χ0) is 15.5. The van der Waals surface area contributed by atoms with Gasteiger partial charge in [0.15, 0.2) is 0 Å². The van der Waals surface area contributed by atoms with E-state index in [2.05, 4.69) is 10.3 Å². The van der Waals surface area contributed by atoms with Gasteiger partial charge in [0.2, 0.25) is 0 Å². The molecule has 0 spiro atoms. The minimum Gasteiger partial charge on any atom is -0.481 e. The van der Waals surface area contributed by atoms with Gasteiger partial charge in [0, 0.05) is 25.5 Å². The quantitative estimate of drug-likeness (QED) is 0.856. The molecule has 1 aromatic carbocycles. The lowest BCUT2D eigenvalue weighted by Gasteiger charge is -2.31. The van der Waals surface area contributed by atoms with Gasteiger partial charge in [-0.2, -0.15) is 0 Å². The minimum absolute atomic E-state index is 0.298. The van der Waals surface area contributed by atoms with Crippen LogP contribution in [0.5, 0.6) is 0 Å². The van der Waals surface area contributed by atoms with Crippen molar-refractivity contribution < 1.29 is 9.90 Å². The van der Waals surface area contributed by atoms with E-state index in [0.717, 1.165) is 11.4 Å². The predicted octanol–water partition coefficient (Wildman–Crippen LogP) is 2.36. The van der Waals surface area contributed by atoms with Crippen LogP contribution in [0, 0.1) is 5.41 Å². The summed E-state index contributed by atoms with van der Waals surface area (Å²) in [6, 6.07) is 9.35. The van der Waals surface area contributed by atoms with E-state index in [0.29, 0.717) is 6.54 Å². The van der Waals surface area contributed by atoms with Crippen molar-refractivity contribution in [1.82, 2.24) is 14.9 Å². The van der Waals surface area contributed by atoms with Crippen LogP contribution in [0.25, 0.3) is 0 Å². The Morgan fingerprint density at radius 1 is 1.38 bits per heavy atom. The molecule has 112 valence electrons. The van der Waals surface area contributed by atoms with Crippen molar-refractivity contribution in [2.75, 3.05) is 0 Å². The van der Waals surface area contributed by atoms with Crippen molar-refractivity contribution in [3.05, 3.63) is 54.1 Å². The summed E-state index contributed by atoms with van der Waals surface area (Å²) in [6.45, 7) is 3.98. The number of nitrogens with zero attached hydrogens (tertiary/aromatic N) is 2. The van der Waals surface area contributed by atoms with Crippen molar-refractivity contribution in [2.45, 2.75) is 26.4 Å². The number of aliphatic carboxylic acids is 1. The fraction of sp³-hybridized carbons (Fsp3) is 0.375. The molecule has 0 saturated carbocycles. The normalized spacial score (nSPS) is 13.1. The first-order chi connectivity index (χ1) is 9.93. The number of carboxylic acids is 1. The highest BCUT2D eigenvalue weighted by atomic mass is 16.4. The van der Waals surface area contributed by atoms with Crippen LogP contribution < -0.4 is 5.32 Å². The maximum absolute atomic E-state index is 11.6. The van der Waals surface area contributed by atoms with Gasteiger partial charge < -0.3 is 15.0 Å². The monoisotopic (exact) mass is 287 g/mol. The molecule has 1 unspecified atom stereocenters. The third-order valence-corrected chi connectivity index (χ3v) is 3.79. The second-order valence-electron chi connectivity index (χ2n) is 5.71. The molecule has 0 fully saturated rings. The Bertz CT molecular complexity index is 605. The van der Waals surface area contributed by atoms with Gasteiger partial charge in [0.05, 0.1) is 12.0 Å². The van der Waals surface area contributed by atoms with E-state index in [-0.39, 0.29) is 6.04 Å². The average Bonchev–Trinajstić information content (AvgIpc) is 2.85. The molecule has 0 amide bonds. The number of aryl methyl sites for hydroxylation is 1. The number of carboxylic acid groups (broad SMARTS) is 1. The first-order valence-corrected chi connectivity index (χ1v) is 6.91. The van der Waals surface area contributed by atoms with Crippen LogP contribution >= 0.6 is 0 Å². The molecule has 5 nitrogen and oxygen atoms in total. The number of nitrogens with one attached hydrogen (secondary N) is 1. The highest BCUT2D eigenvalue weighted by Gasteiger charge is 2.37. The van der Waals surface area contributed by atoms with E-state index in [1.807, 2.05) is 48.1 Å². The molecule has 0 saturated heterocycles. The Labute approximate surface area is 124 Å². The van der Waals surface area contributed by atoms with Gasteiger partial charge in [0.1, 0.15) is 5.82 Å². The minimum atomic E-state index is -0.924. The lowest BCUT2D eigenvalue weighted by atomic mass is 9.80. The van der Waals surface area contributed by atoms with Gasteiger partial charge in [-0.1, -0.05) is 30.3 Å². The molecule has 0 aliphatic heterocycles. The fourth-order valence-corrected chi connectivity index (χ4v) is 2.32. The number of hydrogen-bond donors (Lipinski definition) is 2. The lowest BCUT2D eigenvalue weighted by molar-refractivity contribution is -0.148. The van der Waals surface area contributed by atoms with E-state index in [1.54, 1.807) is 20.0 Å². The molecule has 1 aromatic heterocycles. The van der Waals surface area contributed by atoms with Crippen molar-refractivity contribution in [3.63, 3.8) is 0 Å². The van der Waals surface area contributed by atoms with Crippen LogP contribution in [0.15, 0.2) is 42.7 Å². The molecule has 0 radical (unpaired) electrons. The third-order valence-electron chi connectivity index (χ3n) is 3.79. The summed E-state index contributed by atoms with van der Waals surface area (Å²) in [5.41, 5.74) is 0.0334. The molecule has 2 rings (SSSR count). The van der Waals surface area contributed by atoms with Crippen LogP contribution in [0.4, 0.5) is 0 Å². The van der Waals surface area contributed by atoms with E-state index in [1.165, 1.54) is 0 Å². The zero-order valence-electron chi connectivity index (χ0n) is 12.6. The second kappa shape index (κ2) is 6.10. The number of benzene rings is 1. The number of rotatable bonds is 6. The van der Waals surface area contributed by atoms with Crippen LogP contribution in [-0.2, 0) is 18.4 Å². The maximum atomic E-state index is 11.6. The van der Waals surface area contributed by atoms with Gasteiger partial charge in [-0.05, 0) is 19.4 Å². The van der Waals surface area contributed by atoms with E-state index >= 15 is 0 Å². The average molecular weight is 287 g/mol. The first kappa shape index (κ1) is 15.3. The largest absolute Gasteiger partial charge is 0.481 e. The Kier molecular flexibility index (Phi) is 4.43. The summed E-state index contributed by atoms with van der Waals surface area (Å²) in [4.78, 5) is 15.9. The Balaban J connectivity index is 2.25. The molecule has 2 aromatic rings. The van der Waals surface area contributed by atoms with Crippen molar-refractivity contribution in [3.8, 4) is 0 Å². The second-order valence-corrected chi connectivity index (χ2v) is 5.71. The van der Waals surface area contributed by atoms with E-state index < -0.39 is 11.4 Å². The molecular weight excluding hydrogens is 266 g/mol. The molecule has 21 heavy (non-hydrogen) atoms. The highest BCUT2D eigenvalue weighted by Crippen LogP contribution is 2.33. The Morgan fingerprint density at radius 2 is 2.05 bits per heavy atom. The summed E-state index contributed by atoms with van der Waals surface area (Å²) in [7, 11) is 1.92. The van der Waals surface area contributed by atoms with Gasteiger partial charge in [-0.15, -0.1) is 0 Å². The van der Waals surface area contributed by atoms with E-state index in [9.17, 15) is 9.90 Å². The lowest BCUT2D eigenvalue weighted by Crippen LogP contribution is -2.40. The molecule has 1 heterocycles. The summed E-state index contributed by atoms with van der Waals surface area (Å²) < 4.78 is 1.92. The fourth-order valence-electron chi connectivity index (χ4n) is 2.32. The van der Waals surface area contributed by atoms with Gasteiger partial charge in [-0.25, -0.2) is 4.98 Å². The number of aromatic nitrogens is 2. The Morgan fingerprint density at radius 3 is 2.57 bits per heavy atom. The van der Waals surface area contributed by atoms with Gasteiger partial charge in [-0.3, -0.25) is 4.79 Å². The standard InChI is InChI=1S/C16H21N3O2/c1-16(2,15(20)21)14(12-7-5-4-6-8-12)18-11-13-17-9-10-19(13)3/h4-10,14,18H,11H2,1-3H3,(H,20,21). The van der Waals surface area contributed by atoms with E-state index in [4.69, 9.17) is 0 Å². The number of carbonyl (C=O) groups is 1. The predicted molar refractivity (Wildman–Crippen MR) is 80.6 cm³/mol. The van der Waals surface area contributed by atoms with Crippen molar-refractivity contribution in [1.29, 1.82) is 0 Å². The maximum Gasteiger partial charge on any atom is 0.311 e. The first-order valence-electron chi connectivity index (χ1n) is 6.91.